The minimum atomic E-state index is -1.04. The largest absolute Gasteiger partial charge is 0.480 e. The highest BCUT2D eigenvalue weighted by Crippen LogP contribution is 2.44. The summed E-state index contributed by atoms with van der Waals surface area (Å²) < 4.78 is 11.2. The number of nitrogens with one attached hydrogen (secondary N) is 1. The fourth-order valence-corrected chi connectivity index (χ4v) is 4.54. The Labute approximate surface area is 198 Å². The predicted molar refractivity (Wildman–Crippen MR) is 125 cm³/mol. The van der Waals surface area contributed by atoms with Crippen LogP contribution >= 0.6 is 0 Å². The van der Waals surface area contributed by atoms with Gasteiger partial charge in [0.2, 0.25) is 5.91 Å². The number of fused-ring (bicyclic) bond motifs is 3. The molecule has 1 fully saturated rings. The topological polar surface area (TPSA) is 105 Å². The van der Waals surface area contributed by atoms with Crippen molar-refractivity contribution in [1.82, 2.24) is 10.2 Å². The molecule has 0 spiro atoms. The molecule has 180 valence electrons. The second-order valence-corrected chi connectivity index (χ2v) is 8.63. The van der Waals surface area contributed by atoms with Crippen molar-refractivity contribution in [3.05, 3.63) is 59.7 Å². The molecule has 0 heterocycles. The van der Waals surface area contributed by atoms with Crippen molar-refractivity contribution in [2.75, 3.05) is 26.3 Å². The van der Waals surface area contributed by atoms with E-state index in [0.717, 1.165) is 35.1 Å². The van der Waals surface area contributed by atoms with E-state index in [1.54, 1.807) is 6.92 Å². The number of carboxylic acids is 1. The lowest BCUT2D eigenvalue weighted by Crippen LogP contribution is -2.42. The van der Waals surface area contributed by atoms with E-state index >= 15 is 0 Å². The number of carbonyl (C=O) groups is 3. The SMILES string of the molecule is CCOC(CNC(=O)OCC1c2ccccc2-c2ccccc21)CC(=O)N(CC(=O)O)C1CC1. The minimum Gasteiger partial charge on any atom is -0.480 e. The summed E-state index contributed by atoms with van der Waals surface area (Å²) in [5, 5.41) is 11.8. The number of amides is 2. The Balaban J connectivity index is 1.31. The molecule has 2 aliphatic rings. The number of carbonyl (C=O) groups excluding carboxylic acids is 2. The molecule has 2 aromatic carbocycles. The summed E-state index contributed by atoms with van der Waals surface area (Å²) >= 11 is 0. The van der Waals surface area contributed by atoms with Gasteiger partial charge in [-0.05, 0) is 42.0 Å². The molecule has 0 aliphatic heterocycles. The second kappa shape index (κ2) is 10.7. The van der Waals surface area contributed by atoms with Crippen molar-refractivity contribution in [3.63, 3.8) is 0 Å². The molecular weight excluding hydrogens is 436 g/mol. The summed E-state index contributed by atoms with van der Waals surface area (Å²) in [6, 6.07) is 16.2. The number of nitrogens with zero attached hydrogens (tertiary/aromatic N) is 1. The third-order valence-corrected chi connectivity index (χ3v) is 6.24. The lowest BCUT2D eigenvalue weighted by molar-refractivity contribution is -0.146. The van der Waals surface area contributed by atoms with Crippen LogP contribution in [0.25, 0.3) is 11.1 Å². The number of rotatable bonds is 11. The molecule has 2 N–H and O–H groups in total. The van der Waals surface area contributed by atoms with Crippen LogP contribution in [0, 0.1) is 0 Å². The van der Waals surface area contributed by atoms with E-state index in [1.165, 1.54) is 4.90 Å². The molecule has 4 rings (SSSR count). The number of hydrogen-bond acceptors (Lipinski definition) is 5. The van der Waals surface area contributed by atoms with Gasteiger partial charge in [0.1, 0.15) is 13.2 Å². The average molecular weight is 467 g/mol. The Morgan fingerprint density at radius 1 is 1.06 bits per heavy atom. The van der Waals surface area contributed by atoms with Gasteiger partial charge in [-0.2, -0.15) is 0 Å². The van der Waals surface area contributed by atoms with E-state index in [9.17, 15) is 14.4 Å². The number of carboxylic acid groups (broad SMARTS) is 1. The Hall–Kier alpha value is -3.39. The smallest absolute Gasteiger partial charge is 0.407 e. The van der Waals surface area contributed by atoms with Gasteiger partial charge >= 0.3 is 12.1 Å². The number of hydrogen-bond donors (Lipinski definition) is 2. The molecule has 2 amide bonds. The Kier molecular flexibility index (Phi) is 7.47. The highest BCUT2D eigenvalue weighted by Gasteiger charge is 2.35. The summed E-state index contributed by atoms with van der Waals surface area (Å²) in [6.45, 7) is 2.16. The van der Waals surface area contributed by atoms with Crippen LogP contribution in [0.1, 0.15) is 43.2 Å². The number of ether oxygens (including phenoxy) is 2. The lowest BCUT2D eigenvalue weighted by atomic mass is 9.98. The standard InChI is InChI=1S/C26H30N2O6/c1-2-33-18(13-24(29)28(15-25(30)31)17-11-12-17)14-27-26(32)34-16-23-21-9-5-3-7-19(21)20-8-4-6-10-22(20)23/h3-10,17-18,23H,2,11-16H2,1H3,(H,27,32)(H,30,31). The van der Waals surface area contributed by atoms with E-state index in [1.807, 2.05) is 24.3 Å². The van der Waals surface area contributed by atoms with Crippen molar-refractivity contribution in [1.29, 1.82) is 0 Å². The number of aliphatic carboxylic acids is 1. The fraction of sp³-hybridized carbons (Fsp3) is 0.423. The maximum atomic E-state index is 12.7. The molecular formula is C26H30N2O6. The predicted octanol–water partition coefficient (Wildman–Crippen LogP) is 3.40. The van der Waals surface area contributed by atoms with Gasteiger partial charge < -0.3 is 24.8 Å². The highest BCUT2D eigenvalue weighted by molar-refractivity contribution is 5.82. The normalized spacial score (nSPS) is 15.2. The summed E-state index contributed by atoms with van der Waals surface area (Å²) in [5.41, 5.74) is 4.58. The van der Waals surface area contributed by atoms with Crippen LogP contribution in [0.2, 0.25) is 0 Å². The van der Waals surface area contributed by atoms with Crippen LogP contribution in [-0.2, 0) is 19.1 Å². The van der Waals surface area contributed by atoms with Gasteiger partial charge in [-0.3, -0.25) is 9.59 Å². The van der Waals surface area contributed by atoms with E-state index in [4.69, 9.17) is 14.6 Å². The Morgan fingerprint density at radius 3 is 2.24 bits per heavy atom. The zero-order chi connectivity index (χ0) is 24.1. The van der Waals surface area contributed by atoms with Crippen molar-refractivity contribution in [2.45, 2.75) is 44.2 Å². The lowest BCUT2D eigenvalue weighted by Gasteiger charge is -2.24. The third-order valence-electron chi connectivity index (χ3n) is 6.24. The van der Waals surface area contributed by atoms with Crippen molar-refractivity contribution < 1.29 is 29.0 Å². The maximum Gasteiger partial charge on any atom is 0.407 e. The number of alkyl carbamates (subject to hydrolysis) is 1. The van der Waals surface area contributed by atoms with Crippen LogP contribution in [0.4, 0.5) is 4.79 Å². The molecule has 0 saturated heterocycles. The van der Waals surface area contributed by atoms with E-state index in [0.29, 0.717) is 6.61 Å². The first-order valence-corrected chi connectivity index (χ1v) is 11.7. The van der Waals surface area contributed by atoms with Crippen LogP contribution in [0.3, 0.4) is 0 Å². The molecule has 1 unspecified atom stereocenters. The first-order chi connectivity index (χ1) is 16.5. The fourth-order valence-electron chi connectivity index (χ4n) is 4.54. The Bertz CT molecular complexity index is 1010. The van der Waals surface area contributed by atoms with E-state index < -0.39 is 18.2 Å². The third kappa shape index (κ3) is 5.56. The zero-order valence-electron chi connectivity index (χ0n) is 19.2. The molecule has 2 aliphatic carbocycles. The summed E-state index contributed by atoms with van der Waals surface area (Å²) in [5.74, 6) is -1.35. The quantitative estimate of drug-likeness (QED) is 0.526. The van der Waals surface area contributed by atoms with Crippen molar-refractivity contribution >= 4 is 18.0 Å². The van der Waals surface area contributed by atoms with Crippen LogP contribution in [-0.4, -0.2) is 66.4 Å². The monoisotopic (exact) mass is 466 g/mol. The summed E-state index contributed by atoms with van der Waals surface area (Å²) in [6.07, 6.45) is 0.491. The molecule has 0 radical (unpaired) electrons. The molecule has 1 atom stereocenters. The molecule has 8 heteroatoms. The van der Waals surface area contributed by atoms with Crippen LogP contribution in [0.5, 0.6) is 0 Å². The van der Waals surface area contributed by atoms with Crippen LogP contribution in [0.15, 0.2) is 48.5 Å². The Morgan fingerprint density at radius 2 is 1.68 bits per heavy atom. The van der Waals surface area contributed by atoms with E-state index in [-0.39, 0.29) is 44.0 Å². The molecule has 1 saturated carbocycles. The average Bonchev–Trinajstić information content (AvgIpc) is 3.62. The van der Waals surface area contributed by atoms with Gasteiger partial charge in [-0.1, -0.05) is 48.5 Å². The van der Waals surface area contributed by atoms with Gasteiger partial charge in [-0.25, -0.2) is 4.79 Å². The van der Waals surface area contributed by atoms with Gasteiger partial charge in [0.25, 0.3) is 0 Å². The van der Waals surface area contributed by atoms with Gasteiger partial charge in [0, 0.05) is 25.1 Å². The van der Waals surface area contributed by atoms with Gasteiger partial charge in [0.05, 0.1) is 12.5 Å². The van der Waals surface area contributed by atoms with Crippen molar-refractivity contribution in [2.24, 2.45) is 0 Å². The molecule has 8 nitrogen and oxygen atoms in total. The van der Waals surface area contributed by atoms with Crippen molar-refractivity contribution in [3.8, 4) is 11.1 Å². The molecule has 0 bridgehead atoms. The van der Waals surface area contributed by atoms with E-state index in [2.05, 4.69) is 29.6 Å². The van der Waals surface area contributed by atoms with Crippen LogP contribution < -0.4 is 5.32 Å². The molecule has 0 aromatic heterocycles. The number of benzene rings is 2. The van der Waals surface area contributed by atoms with Gasteiger partial charge in [0.15, 0.2) is 0 Å². The minimum absolute atomic E-state index is 0.00127. The summed E-state index contributed by atoms with van der Waals surface area (Å²) in [4.78, 5) is 37.6. The second-order valence-electron chi connectivity index (χ2n) is 8.63. The molecule has 34 heavy (non-hydrogen) atoms. The highest BCUT2D eigenvalue weighted by atomic mass is 16.5. The summed E-state index contributed by atoms with van der Waals surface area (Å²) in [7, 11) is 0. The first kappa shape index (κ1) is 23.8. The first-order valence-electron chi connectivity index (χ1n) is 11.7. The maximum absolute atomic E-state index is 12.7. The zero-order valence-corrected chi connectivity index (χ0v) is 19.2. The van der Waals surface area contributed by atoms with Gasteiger partial charge in [-0.15, -0.1) is 0 Å². The molecule has 2 aromatic rings.